The van der Waals surface area contributed by atoms with E-state index in [0.29, 0.717) is 5.75 Å². The van der Waals surface area contributed by atoms with Crippen LogP contribution in [0.25, 0.3) is 0 Å². The Morgan fingerprint density at radius 1 is 1.25 bits per heavy atom. The third-order valence-electron chi connectivity index (χ3n) is 3.50. The average molecular weight is 304 g/mol. The van der Waals surface area contributed by atoms with Crippen molar-refractivity contribution in [3.8, 4) is 0 Å². The molecule has 1 saturated heterocycles. The maximum absolute atomic E-state index is 12.2. The molecule has 1 amide bonds. The number of amides is 1. The first-order chi connectivity index (χ1) is 9.56. The molecule has 0 aliphatic carbocycles. The minimum atomic E-state index is 0.0485. The number of aryl methyl sites for hydroxylation is 3. The fraction of sp³-hybridized carbons (Fsp3) is 0.333. The van der Waals surface area contributed by atoms with Gasteiger partial charge in [0.2, 0.25) is 5.91 Å². The third kappa shape index (κ3) is 2.36. The van der Waals surface area contributed by atoms with Gasteiger partial charge in [0.1, 0.15) is 5.37 Å². The molecule has 0 unspecified atom stereocenters. The van der Waals surface area contributed by atoms with E-state index in [4.69, 9.17) is 0 Å². The van der Waals surface area contributed by atoms with Crippen molar-refractivity contribution in [2.45, 2.75) is 26.1 Å². The van der Waals surface area contributed by atoms with Crippen molar-refractivity contribution in [3.63, 3.8) is 0 Å². The van der Waals surface area contributed by atoms with E-state index in [-0.39, 0.29) is 11.3 Å². The van der Waals surface area contributed by atoms with Crippen LogP contribution < -0.4 is 4.90 Å². The van der Waals surface area contributed by atoms with E-state index < -0.39 is 0 Å². The van der Waals surface area contributed by atoms with E-state index in [0.717, 1.165) is 10.0 Å². The smallest absolute Gasteiger partial charge is 0.240 e. The van der Waals surface area contributed by atoms with Crippen molar-refractivity contribution in [1.29, 1.82) is 0 Å². The van der Waals surface area contributed by atoms with Gasteiger partial charge in [0.15, 0.2) is 5.13 Å². The molecule has 0 spiro atoms. The summed E-state index contributed by atoms with van der Waals surface area (Å²) in [4.78, 5) is 19.5. The van der Waals surface area contributed by atoms with Gasteiger partial charge in [-0.05, 0) is 37.5 Å². The third-order valence-corrected chi connectivity index (χ3v) is 5.62. The van der Waals surface area contributed by atoms with Crippen LogP contribution in [0.4, 0.5) is 5.13 Å². The van der Waals surface area contributed by atoms with Crippen molar-refractivity contribution in [1.82, 2.24) is 4.98 Å². The van der Waals surface area contributed by atoms with Gasteiger partial charge in [0.05, 0.1) is 5.75 Å². The van der Waals surface area contributed by atoms with Gasteiger partial charge in [-0.2, -0.15) is 0 Å². The topological polar surface area (TPSA) is 33.2 Å². The van der Waals surface area contributed by atoms with Crippen LogP contribution >= 0.6 is 23.1 Å². The lowest BCUT2D eigenvalue weighted by molar-refractivity contribution is -0.115. The number of anilines is 1. The fourth-order valence-electron chi connectivity index (χ4n) is 2.25. The molecule has 104 valence electrons. The maximum Gasteiger partial charge on any atom is 0.240 e. The van der Waals surface area contributed by atoms with Crippen molar-refractivity contribution < 1.29 is 4.79 Å². The standard InChI is InChI=1S/C15H16N2OS2/c1-9-4-5-12(6-10(9)2)14-17(13(18)8-19-14)15-16-7-11(3)20-15/h4-7,14H,8H2,1-3H3/t14-/m1/s1. The van der Waals surface area contributed by atoms with E-state index in [1.165, 1.54) is 16.7 Å². The molecule has 0 radical (unpaired) electrons. The molecular formula is C15H16N2OS2. The second-order valence-electron chi connectivity index (χ2n) is 5.02. The second kappa shape index (κ2) is 5.22. The Morgan fingerprint density at radius 3 is 2.70 bits per heavy atom. The molecule has 3 nitrogen and oxygen atoms in total. The number of hydrogen-bond donors (Lipinski definition) is 0. The number of thiazole rings is 1. The maximum atomic E-state index is 12.2. The van der Waals surface area contributed by atoms with Gasteiger partial charge in [0, 0.05) is 11.1 Å². The van der Waals surface area contributed by atoms with Crippen LogP contribution in [0.1, 0.15) is 26.9 Å². The molecule has 1 fully saturated rings. The van der Waals surface area contributed by atoms with E-state index >= 15 is 0 Å². The van der Waals surface area contributed by atoms with E-state index in [2.05, 4.69) is 37.0 Å². The van der Waals surface area contributed by atoms with Gasteiger partial charge in [-0.15, -0.1) is 23.1 Å². The number of carbonyl (C=O) groups excluding carboxylic acids is 1. The number of nitrogens with zero attached hydrogens (tertiary/aromatic N) is 2. The molecule has 3 rings (SSSR count). The van der Waals surface area contributed by atoms with E-state index in [9.17, 15) is 4.79 Å². The first kappa shape index (κ1) is 13.6. The molecule has 5 heteroatoms. The van der Waals surface area contributed by atoms with Crippen LogP contribution in [0.15, 0.2) is 24.4 Å². The minimum absolute atomic E-state index is 0.0485. The Hall–Kier alpha value is -1.33. The van der Waals surface area contributed by atoms with Gasteiger partial charge in [0.25, 0.3) is 0 Å². The summed E-state index contributed by atoms with van der Waals surface area (Å²) in [5.74, 6) is 0.670. The minimum Gasteiger partial charge on any atom is -0.273 e. The highest BCUT2D eigenvalue weighted by molar-refractivity contribution is 8.00. The van der Waals surface area contributed by atoms with Crippen molar-refractivity contribution >= 4 is 34.1 Å². The molecule has 1 aliphatic rings. The summed E-state index contributed by atoms with van der Waals surface area (Å²) in [6, 6.07) is 6.42. The number of carbonyl (C=O) groups is 1. The summed E-state index contributed by atoms with van der Waals surface area (Å²) in [6.07, 6.45) is 1.83. The SMILES string of the molecule is Cc1cnc(N2C(=O)CS[C@@H]2c2ccc(C)c(C)c2)s1. The fourth-order valence-corrected chi connectivity index (χ4v) is 4.27. The number of rotatable bonds is 2. The van der Waals surface area contributed by atoms with E-state index in [1.807, 2.05) is 18.0 Å². The van der Waals surface area contributed by atoms with Crippen LogP contribution in [0.2, 0.25) is 0 Å². The molecular weight excluding hydrogens is 288 g/mol. The van der Waals surface area contributed by atoms with E-state index in [1.54, 1.807) is 23.1 Å². The normalized spacial score (nSPS) is 18.9. The van der Waals surface area contributed by atoms with Crippen molar-refractivity contribution in [2.24, 2.45) is 0 Å². The largest absolute Gasteiger partial charge is 0.273 e. The molecule has 20 heavy (non-hydrogen) atoms. The number of benzene rings is 1. The number of thioether (sulfide) groups is 1. The molecule has 0 N–H and O–H groups in total. The molecule has 2 heterocycles. The summed E-state index contributed by atoms with van der Waals surface area (Å²) in [5.41, 5.74) is 3.72. The lowest BCUT2D eigenvalue weighted by atomic mass is 10.1. The van der Waals surface area contributed by atoms with Crippen LogP contribution in [-0.2, 0) is 4.79 Å². The predicted octanol–water partition coefficient (Wildman–Crippen LogP) is 3.85. The quantitative estimate of drug-likeness (QED) is 0.845. The van der Waals surface area contributed by atoms with Gasteiger partial charge in [-0.25, -0.2) is 4.98 Å². The van der Waals surface area contributed by atoms with Crippen molar-refractivity contribution in [2.75, 3.05) is 10.7 Å². The molecule has 2 aromatic rings. The summed E-state index contributed by atoms with van der Waals surface area (Å²) in [7, 11) is 0. The highest BCUT2D eigenvalue weighted by Crippen LogP contribution is 2.43. The summed E-state index contributed by atoms with van der Waals surface area (Å²) < 4.78 is 0. The summed E-state index contributed by atoms with van der Waals surface area (Å²) in [5, 5.41) is 0.855. The van der Waals surface area contributed by atoms with Crippen LogP contribution in [0, 0.1) is 20.8 Å². The Labute approximate surface area is 127 Å². The second-order valence-corrected chi connectivity index (χ2v) is 7.31. The molecule has 1 aromatic carbocycles. The molecule has 1 atom stereocenters. The number of aromatic nitrogens is 1. The Bertz CT molecular complexity index is 666. The lowest BCUT2D eigenvalue weighted by Gasteiger charge is -2.22. The average Bonchev–Trinajstić information content (AvgIpc) is 2.99. The van der Waals surface area contributed by atoms with Crippen molar-refractivity contribution in [3.05, 3.63) is 46.0 Å². The lowest BCUT2D eigenvalue weighted by Crippen LogP contribution is -2.27. The Balaban J connectivity index is 1.99. The highest BCUT2D eigenvalue weighted by atomic mass is 32.2. The molecule has 1 aliphatic heterocycles. The van der Waals surface area contributed by atoms with Gasteiger partial charge < -0.3 is 0 Å². The zero-order valence-corrected chi connectivity index (χ0v) is 13.3. The number of hydrogen-bond acceptors (Lipinski definition) is 4. The monoisotopic (exact) mass is 304 g/mol. The first-order valence-electron chi connectivity index (χ1n) is 6.49. The Morgan fingerprint density at radius 2 is 2.05 bits per heavy atom. The molecule has 0 bridgehead atoms. The molecule has 1 aromatic heterocycles. The summed E-state index contributed by atoms with van der Waals surface area (Å²) >= 11 is 3.25. The molecule has 0 saturated carbocycles. The summed E-state index contributed by atoms with van der Waals surface area (Å²) in [6.45, 7) is 6.23. The zero-order valence-electron chi connectivity index (χ0n) is 11.7. The first-order valence-corrected chi connectivity index (χ1v) is 8.36. The van der Waals surface area contributed by atoms with Gasteiger partial charge in [-0.1, -0.05) is 18.2 Å². The van der Waals surface area contributed by atoms with Crippen LogP contribution in [0.3, 0.4) is 0 Å². The zero-order chi connectivity index (χ0) is 14.3. The van der Waals surface area contributed by atoms with Gasteiger partial charge in [-0.3, -0.25) is 9.69 Å². The highest BCUT2D eigenvalue weighted by Gasteiger charge is 2.35. The van der Waals surface area contributed by atoms with Crippen LogP contribution in [0.5, 0.6) is 0 Å². The predicted molar refractivity (Wildman–Crippen MR) is 85.5 cm³/mol. The van der Waals surface area contributed by atoms with Crippen LogP contribution in [-0.4, -0.2) is 16.6 Å². The van der Waals surface area contributed by atoms with Gasteiger partial charge >= 0.3 is 0 Å². The Kier molecular flexibility index (Phi) is 3.56.